The smallest absolute Gasteiger partial charge is 0.196 e. The SMILES string of the molecule is CCN(Cc1cccs1)c1nc(C(=O)CCl)cs1. The maximum atomic E-state index is 11.5. The molecule has 0 aromatic carbocycles. The van der Waals surface area contributed by atoms with E-state index in [4.69, 9.17) is 11.6 Å². The number of hydrogen-bond donors (Lipinski definition) is 0. The van der Waals surface area contributed by atoms with Crippen molar-refractivity contribution in [2.45, 2.75) is 13.5 Å². The number of thiophene rings is 1. The Labute approximate surface area is 119 Å². The van der Waals surface area contributed by atoms with E-state index in [1.165, 1.54) is 16.2 Å². The normalized spacial score (nSPS) is 10.6. The van der Waals surface area contributed by atoms with Crippen molar-refractivity contribution in [1.82, 2.24) is 4.98 Å². The number of carbonyl (C=O) groups excluding carboxylic acids is 1. The van der Waals surface area contributed by atoms with Crippen molar-refractivity contribution in [3.05, 3.63) is 33.5 Å². The maximum absolute atomic E-state index is 11.5. The fraction of sp³-hybridized carbons (Fsp3) is 0.333. The van der Waals surface area contributed by atoms with Crippen LogP contribution in [0, 0.1) is 0 Å². The number of rotatable bonds is 6. The molecule has 18 heavy (non-hydrogen) atoms. The maximum Gasteiger partial charge on any atom is 0.196 e. The van der Waals surface area contributed by atoms with Gasteiger partial charge in [0.1, 0.15) is 5.69 Å². The summed E-state index contributed by atoms with van der Waals surface area (Å²) in [5, 5.41) is 4.71. The predicted octanol–water partition coefficient (Wildman–Crippen LogP) is 3.65. The molecule has 0 aliphatic rings. The van der Waals surface area contributed by atoms with Crippen LogP contribution in [-0.4, -0.2) is 23.2 Å². The number of halogens is 1. The summed E-state index contributed by atoms with van der Waals surface area (Å²) in [5.41, 5.74) is 0.467. The second-order valence-electron chi connectivity index (χ2n) is 3.67. The Kier molecular flexibility index (Phi) is 4.74. The highest BCUT2D eigenvalue weighted by Gasteiger charge is 2.14. The average molecular weight is 301 g/mol. The molecule has 0 aliphatic heterocycles. The van der Waals surface area contributed by atoms with Gasteiger partial charge < -0.3 is 4.90 Å². The Bertz CT molecular complexity index is 510. The van der Waals surface area contributed by atoms with Crippen molar-refractivity contribution in [2.24, 2.45) is 0 Å². The molecule has 0 unspecified atom stereocenters. The first-order valence-electron chi connectivity index (χ1n) is 5.56. The number of aromatic nitrogens is 1. The van der Waals surface area contributed by atoms with Crippen LogP contribution in [0.2, 0.25) is 0 Å². The molecule has 2 aromatic heterocycles. The monoisotopic (exact) mass is 300 g/mol. The van der Waals surface area contributed by atoms with Gasteiger partial charge in [0.15, 0.2) is 10.9 Å². The Hall–Kier alpha value is -0.910. The first-order valence-corrected chi connectivity index (χ1v) is 7.86. The molecule has 0 N–H and O–H groups in total. The van der Waals surface area contributed by atoms with Crippen molar-refractivity contribution in [2.75, 3.05) is 17.3 Å². The van der Waals surface area contributed by atoms with Crippen molar-refractivity contribution in [1.29, 1.82) is 0 Å². The molecule has 0 radical (unpaired) electrons. The Balaban J connectivity index is 2.12. The number of anilines is 1. The fourth-order valence-corrected chi connectivity index (χ4v) is 3.26. The van der Waals surface area contributed by atoms with E-state index in [0.29, 0.717) is 5.69 Å². The topological polar surface area (TPSA) is 33.2 Å². The van der Waals surface area contributed by atoms with Gasteiger partial charge in [-0.25, -0.2) is 4.98 Å². The summed E-state index contributed by atoms with van der Waals surface area (Å²) in [6.07, 6.45) is 0. The Morgan fingerprint density at radius 2 is 2.33 bits per heavy atom. The molecule has 2 rings (SSSR count). The molecule has 96 valence electrons. The molecular formula is C12H13ClN2OS2. The molecule has 0 saturated heterocycles. The van der Waals surface area contributed by atoms with Crippen LogP contribution in [0.5, 0.6) is 0 Å². The van der Waals surface area contributed by atoms with Gasteiger partial charge in [0, 0.05) is 16.8 Å². The number of Topliss-reactive ketones (excluding diaryl/α,β-unsaturated/α-hetero) is 1. The zero-order valence-electron chi connectivity index (χ0n) is 9.93. The first-order chi connectivity index (χ1) is 8.74. The van der Waals surface area contributed by atoms with E-state index >= 15 is 0 Å². The van der Waals surface area contributed by atoms with E-state index in [2.05, 4.69) is 28.3 Å². The standard InChI is InChI=1S/C12H13ClN2OS2/c1-2-15(7-9-4-3-5-17-9)12-14-10(8-18-12)11(16)6-13/h3-5,8H,2,6-7H2,1H3. The van der Waals surface area contributed by atoms with E-state index in [1.54, 1.807) is 16.7 Å². The number of alkyl halides is 1. The molecule has 0 saturated carbocycles. The summed E-state index contributed by atoms with van der Waals surface area (Å²) in [6.45, 7) is 3.77. The van der Waals surface area contributed by atoms with Crippen LogP contribution in [-0.2, 0) is 6.54 Å². The van der Waals surface area contributed by atoms with Crippen molar-refractivity contribution in [3.8, 4) is 0 Å². The summed E-state index contributed by atoms with van der Waals surface area (Å²) in [5.74, 6) is -0.133. The van der Waals surface area contributed by atoms with Gasteiger partial charge in [-0.05, 0) is 18.4 Å². The van der Waals surface area contributed by atoms with Gasteiger partial charge in [-0.15, -0.1) is 34.3 Å². The van der Waals surface area contributed by atoms with Crippen LogP contribution in [0.1, 0.15) is 22.3 Å². The quantitative estimate of drug-likeness (QED) is 0.603. The zero-order chi connectivity index (χ0) is 13.0. The highest BCUT2D eigenvalue weighted by molar-refractivity contribution is 7.14. The molecule has 2 aromatic rings. The van der Waals surface area contributed by atoms with Gasteiger partial charge in [-0.3, -0.25) is 4.79 Å². The third-order valence-electron chi connectivity index (χ3n) is 2.48. The van der Waals surface area contributed by atoms with Crippen molar-refractivity contribution in [3.63, 3.8) is 0 Å². The fourth-order valence-electron chi connectivity index (χ4n) is 1.51. The molecule has 6 heteroatoms. The van der Waals surface area contributed by atoms with E-state index in [9.17, 15) is 4.79 Å². The largest absolute Gasteiger partial charge is 0.343 e. The second-order valence-corrected chi connectivity index (χ2v) is 5.80. The van der Waals surface area contributed by atoms with Gasteiger partial charge in [0.05, 0.1) is 12.4 Å². The van der Waals surface area contributed by atoms with Crippen LogP contribution < -0.4 is 4.90 Å². The number of ketones is 1. The van der Waals surface area contributed by atoms with Crippen LogP contribution in [0.15, 0.2) is 22.9 Å². The lowest BCUT2D eigenvalue weighted by molar-refractivity contribution is 0.101. The van der Waals surface area contributed by atoms with Crippen LogP contribution >= 0.6 is 34.3 Å². The third kappa shape index (κ3) is 3.10. The van der Waals surface area contributed by atoms with Crippen LogP contribution in [0.4, 0.5) is 5.13 Å². The molecule has 3 nitrogen and oxygen atoms in total. The minimum Gasteiger partial charge on any atom is -0.343 e. The molecule has 2 heterocycles. The van der Waals surface area contributed by atoms with Crippen molar-refractivity contribution >= 4 is 45.2 Å². The minimum absolute atomic E-state index is 0.0137. The summed E-state index contributed by atoms with van der Waals surface area (Å²) in [7, 11) is 0. The third-order valence-corrected chi connectivity index (χ3v) is 4.48. The summed E-state index contributed by atoms with van der Waals surface area (Å²) in [6, 6.07) is 4.14. The summed E-state index contributed by atoms with van der Waals surface area (Å²) >= 11 is 8.74. The van der Waals surface area contributed by atoms with Crippen LogP contribution in [0.25, 0.3) is 0 Å². The highest BCUT2D eigenvalue weighted by atomic mass is 35.5. The average Bonchev–Trinajstić information content (AvgIpc) is 3.05. The first kappa shape index (κ1) is 13.5. The molecule has 0 aliphatic carbocycles. The Morgan fingerprint density at radius 1 is 1.50 bits per heavy atom. The lowest BCUT2D eigenvalue weighted by atomic mass is 10.3. The minimum atomic E-state index is -0.119. The lowest BCUT2D eigenvalue weighted by Crippen LogP contribution is -2.21. The molecule has 0 bridgehead atoms. The lowest BCUT2D eigenvalue weighted by Gasteiger charge is -2.18. The summed E-state index contributed by atoms with van der Waals surface area (Å²) in [4.78, 5) is 19.2. The van der Waals surface area contributed by atoms with E-state index in [0.717, 1.165) is 18.2 Å². The molecular weight excluding hydrogens is 288 g/mol. The van der Waals surface area contributed by atoms with Gasteiger partial charge >= 0.3 is 0 Å². The molecule has 0 fully saturated rings. The molecule has 0 atom stereocenters. The Morgan fingerprint density at radius 3 is 2.94 bits per heavy atom. The van der Waals surface area contributed by atoms with Gasteiger partial charge in [-0.2, -0.15) is 0 Å². The number of hydrogen-bond acceptors (Lipinski definition) is 5. The molecule has 0 spiro atoms. The second kappa shape index (κ2) is 6.31. The van der Waals surface area contributed by atoms with Crippen molar-refractivity contribution < 1.29 is 4.79 Å². The van der Waals surface area contributed by atoms with Crippen LogP contribution in [0.3, 0.4) is 0 Å². The van der Waals surface area contributed by atoms with Gasteiger partial charge in [0.25, 0.3) is 0 Å². The number of thiazole rings is 1. The van der Waals surface area contributed by atoms with Gasteiger partial charge in [0.2, 0.25) is 0 Å². The van der Waals surface area contributed by atoms with E-state index in [1.807, 2.05) is 6.07 Å². The van der Waals surface area contributed by atoms with E-state index < -0.39 is 0 Å². The molecule has 0 amide bonds. The number of nitrogens with zero attached hydrogens (tertiary/aromatic N) is 2. The van der Waals surface area contributed by atoms with E-state index in [-0.39, 0.29) is 11.7 Å². The highest BCUT2D eigenvalue weighted by Crippen LogP contribution is 2.23. The summed E-state index contributed by atoms with van der Waals surface area (Å²) < 4.78 is 0. The number of carbonyl (C=O) groups is 1. The predicted molar refractivity (Wildman–Crippen MR) is 78.2 cm³/mol. The van der Waals surface area contributed by atoms with Gasteiger partial charge in [-0.1, -0.05) is 6.07 Å². The zero-order valence-corrected chi connectivity index (χ0v) is 12.3.